The highest BCUT2D eigenvalue weighted by molar-refractivity contribution is 7.89. The molecular formula is C21H26ClN3O5S. The molecule has 2 aromatic rings. The van der Waals surface area contributed by atoms with Gasteiger partial charge in [-0.2, -0.15) is 0 Å². The number of methoxy groups -OCH3 is 1. The normalized spacial score (nSPS) is 11.7. The van der Waals surface area contributed by atoms with Crippen molar-refractivity contribution < 1.29 is 22.7 Å². The third-order valence-electron chi connectivity index (χ3n) is 4.02. The van der Waals surface area contributed by atoms with Gasteiger partial charge in [-0.1, -0.05) is 11.6 Å². The molecule has 0 saturated heterocycles. The zero-order valence-corrected chi connectivity index (χ0v) is 19.8. The molecular weight excluding hydrogens is 442 g/mol. The van der Waals surface area contributed by atoms with Crippen LogP contribution in [0.15, 0.2) is 41.3 Å². The SMILES string of the molecule is COc1ccc(C(=O)Nc2ccc(C(=O)N(C)C)c(Cl)c2)cc1S(=O)(=O)NC(C)(C)C. The van der Waals surface area contributed by atoms with E-state index in [1.54, 1.807) is 40.9 Å². The second kappa shape index (κ2) is 9.25. The second-order valence-corrected chi connectivity index (χ2v) is 10.1. The molecule has 0 radical (unpaired) electrons. The van der Waals surface area contributed by atoms with Gasteiger partial charge in [-0.3, -0.25) is 9.59 Å². The van der Waals surface area contributed by atoms with Crippen molar-refractivity contribution in [1.82, 2.24) is 9.62 Å². The Morgan fingerprint density at radius 2 is 1.71 bits per heavy atom. The molecule has 0 aliphatic carbocycles. The summed E-state index contributed by atoms with van der Waals surface area (Å²) in [6.45, 7) is 5.13. The average Bonchev–Trinajstić information content (AvgIpc) is 2.65. The van der Waals surface area contributed by atoms with E-state index in [0.29, 0.717) is 11.3 Å². The van der Waals surface area contributed by atoms with Gasteiger partial charge in [0.1, 0.15) is 10.6 Å². The predicted octanol–water partition coefficient (Wildman–Crippen LogP) is 3.38. The standard InChI is InChI=1S/C21H26ClN3O5S/c1-21(2,3)24-31(28,29)18-11-13(7-10-17(18)30-6)19(26)23-14-8-9-15(16(22)12-14)20(27)25(4)5/h7-12,24H,1-6H3,(H,23,26). The number of benzene rings is 2. The van der Waals surface area contributed by atoms with Gasteiger partial charge in [0.15, 0.2) is 0 Å². The Balaban J connectivity index is 2.35. The van der Waals surface area contributed by atoms with Crippen molar-refractivity contribution in [2.45, 2.75) is 31.2 Å². The van der Waals surface area contributed by atoms with Crippen LogP contribution in [0.3, 0.4) is 0 Å². The summed E-state index contributed by atoms with van der Waals surface area (Å²) in [5.41, 5.74) is 0.0543. The molecule has 2 N–H and O–H groups in total. The summed E-state index contributed by atoms with van der Waals surface area (Å²) in [4.78, 5) is 26.1. The van der Waals surface area contributed by atoms with Gasteiger partial charge < -0.3 is 15.0 Å². The molecule has 0 atom stereocenters. The van der Waals surface area contributed by atoms with E-state index < -0.39 is 21.5 Å². The number of amides is 2. The molecule has 2 rings (SSSR count). The van der Waals surface area contributed by atoms with Crippen LogP contribution < -0.4 is 14.8 Å². The maximum absolute atomic E-state index is 12.8. The number of hydrogen-bond donors (Lipinski definition) is 2. The van der Waals surface area contributed by atoms with Crippen LogP contribution in [0.5, 0.6) is 5.75 Å². The molecule has 2 amide bonds. The highest BCUT2D eigenvalue weighted by Crippen LogP contribution is 2.27. The maximum Gasteiger partial charge on any atom is 0.255 e. The van der Waals surface area contributed by atoms with E-state index in [0.717, 1.165) is 0 Å². The van der Waals surface area contributed by atoms with Gasteiger partial charge in [0.05, 0.1) is 17.7 Å². The third kappa shape index (κ3) is 6.19. The molecule has 0 heterocycles. The summed E-state index contributed by atoms with van der Waals surface area (Å²) >= 11 is 6.18. The minimum Gasteiger partial charge on any atom is -0.495 e. The minimum atomic E-state index is -3.94. The molecule has 168 valence electrons. The number of halogens is 1. The third-order valence-corrected chi connectivity index (χ3v) is 6.11. The fourth-order valence-corrected chi connectivity index (χ4v) is 4.57. The summed E-state index contributed by atoms with van der Waals surface area (Å²) in [6, 6.07) is 8.63. The number of nitrogens with zero attached hydrogens (tertiary/aromatic N) is 1. The molecule has 0 aliphatic heterocycles. The number of rotatable bonds is 6. The number of anilines is 1. The highest BCUT2D eigenvalue weighted by atomic mass is 35.5. The number of carbonyl (C=O) groups is 2. The van der Waals surface area contributed by atoms with E-state index in [4.69, 9.17) is 16.3 Å². The van der Waals surface area contributed by atoms with Crippen molar-refractivity contribution in [2.75, 3.05) is 26.5 Å². The van der Waals surface area contributed by atoms with Gasteiger partial charge in [0.2, 0.25) is 10.0 Å². The van der Waals surface area contributed by atoms with Gasteiger partial charge in [0.25, 0.3) is 11.8 Å². The molecule has 10 heteroatoms. The van der Waals surface area contributed by atoms with Crippen molar-refractivity contribution in [2.24, 2.45) is 0 Å². The van der Waals surface area contributed by atoms with E-state index >= 15 is 0 Å². The minimum absolute atomic E-state index is 0.111. The smallest absolute Gasteiger partial charge is 0.255 e. The van der Waals surface area contributed by atoms with Crippen molar-refractivity contribution in [3.8, 4) is 5.75 Å². The summed E-state index contributed by atoms with van der Waals surface area (Å²) in [7, 11) is 0.632. The monoisotopic (exact) mass is 467 g/mol. The summed E-state index contributed by atoms with van der Waals surface area (Å²) in [5.74, 6) is -0.695. The molecule has 0 spiro atoms. The van der Waals surface area contributed by atoms with Crippen molar-refractivity contribution >= 4 is 39.1 Å². The first kappa shape index (κ1) is 24.6. The number of hydrogen-bond acceptors (Lipinski definition) is 5. The van der Waals surface area contributed by atoms with Crippen molar-refractivity contribution in [3.63, 3.8) is 0 Å². The van der Waals surface area contributed by atoms with Crippen molar-refractivity contribution in [3.05, 3.63) is 52.5 Å². The zero-order valence-electron chi connectivity index (χ0n) is 18.2. The molecule has 0 aromatic heterocycles. The lowest BCUT2D eigenvalue weighted by atomic mass is 10.1. The maximum atomic E-state index is 12.8. The Morgan fingerprint density at radius 3 is 2.23 bits per heavy atom. The Labute approximate surface area is 187 Å². The largest absolute Gasteiger partial charge is 0.495 e. The van der Waals surface area contributed by atoms with Crippen LogP contribution in [0, 0.1) is 0 Å². The second-order valence-electron chi connectivity index (χ2n) is 8.07. The lowest BCUT2D eigenvalue weighted by Gasteiger charge is -2.21. The molecule has 0 aliphatic rings. The molecule has 0 fully saturated rings. The van der Waals surface area contributed by atoms with Crippen LogP contribution in [0.4, 0.5) is 5.69 Å². The predicted molar refractivity (Wildman–Crippen MR) is 120 cm³/mol. The van der Waals surface area contributed by atoms with E-state index in [1.165, 1.54) is 42.3 Å². The highest BCUT2D eigenvalue weighted by Gasteiger charge is 2.26. The Morgan fingerprint density at radius 1 is 1.06 bits per heavy atom. The Bertz CT molecular complexity index is 1110. The zero-order chi connectivity index (χ0) is 23.6. The fourth-order valence-electron chi connectivity index (χ4n) is 2.70. The molecule has 0 unspecified atom stereocenters. The van der Waals surface area contributed by atoms with Crippen LogP contribution in [-0.4, -0.2) is 51.9 Å². The molecule has 8 nitrogen and oxygen atoms in total. The van der Waals surface area contributed by atoms with E-state index in [-0.39, 0.29) is 27.1 Å². The fraction of sp³-hybridized carbons (Fsp3) is 0.333. The quantitative estimate of drug-likeness (QED) is 0.677. The average molecular weight is 468 g/mol. The summed E-state index contributed by atoms with van der Waals surface area (Å²) < 4.78 is 33.3. The number of sulfonamides is 1. The number of carbonyl (C=O) groups excluding carboxylic acids is 2. The van der Waals surface area contributed by atoms with Gasteiger partial charge in [-0.05, 0) is 57.2 Å². The lowest BCUT2D eigenvalue weighted by Crippen LogP contribution is -2.40. The van der Waals surface area contributed by atoms with Gasteiger partial charge >= 0.3 is 0 Å². The van der Waals surface area contributed by atoms with Crippen LogP contribution >= 0.6 is 11.6 Å². The molecule has 2 aromatic carbocycles. The van der Waals surface area contributed by atoms with Crippen molar-refractivity contribution in [1.29, 1.82) is 0 Å². The number of nitrogens with one attached hydrogen (secondary N) is 2. The number of ether oxygens (including phenoxy) is 1. The molecule has 0 saturated carbocycles. The molecule has 31 heavy (non-hydrogen) atoms. The van der Waals surface area contributed by atoms with Gasteiger partial charge in [-0.25, -0.2) is 13.1 Å². The first-order valence-corrected chi connectivity index (χ1v) is 11.2. The lowest BCUT2D eigenvalue weighted by molar-refractivity contribution is 0.0827. The van der Waals surface area contributed by atoms with Gasteiger partial charge in [-0.15, -0.1) is 0 Å². The molecule has 0 bridgehead atoms. The van der Waals surface area contributed by atoms with E-state index in [1.807, 2.05) is 0 Å². The van der Waals surface area contributed by atoms with Crippen LogP contribution in [0.25, 0.3) is 0 Å². The summed E-state index contributed by atoms with van der Waals surface area (Å²) in [6.07, 6.45) is 0. The van der Waals surface area contributed by atoms with Crippen LogP contribution in [0.2, 0.25) is 5.02 Å². The van der Waals surface area contributed by atoms with Crippen LogP contribution in [0.1, 0.15) is 41.5 Å². The topological polar surface area (TPSA) is 105 Å². The van der Waals surface area contributed by atoms with Crippen LogP contribution in [-0.2, 0) is 10.0 Å². The Kier molecular flexibility index (Phi) is 7.36. The van der Waals surface area contributed by atoms with Gasteiger partial charge in [0, 0.05) is 30.9 Å². The van der Waals surface area contributed by atoms with E-state index in [2.05, 4.69) is 10.0 Å². The summed E-state index contributed by atoms with van der Waals surface area (Å²) in [5, 5.41) is 2.84. The first-order valence-electron chi connectivity index (χ1n) is 9.30. The Hall–Kier alpha value is -2.62. The first-order chi connectivity index (χ1) is 14.2. The van der Waals surface area contributed by atoms with E-state index in [9.17, 15) is 18.0 Å².